The normalized spacial score (nSPS) is 14.3. The van der Waals surface area contributed by atoms with Crippen LogP contribution in [0, 0.1) is 22.7 Å². The molecule has 1 aliphatic rings. The maximum absolute atomic E-state index is 9.94. The van der Waals surface area contributed by atoms with Crippen molar-refractivity contribution in [1.29, 1.82) is 10.5 Å². The van der Waals surface area contributed by atoms with E-state index in [1.54, 1.807) is 11.8 Å². The van der Waals surface area contributed by atoms with E-state index >= 15 is 0 Å². The Morgan fingerprint density at radius 1 is 1.12 bits per heavy atom. The van der Waals surface area contributed by atoms with Crippen LogP contribution in [0.1, 0.15) is 42.5 Å². The third-order valence-electron chi connectivity index (χ3n) is 5.53. The van der Waals surface area contributed by atoms with Crippen molar-refractivity contribution in [2.75, 3.05) is 43.4 Å². The number of hydrogen-bond acceptors (Lipinski definition) is 7. The zero-order valence-electron chi connectivity index (χ0n) is 19.1. The van der Waals surface area contributed by atoms with Gasteiger partial charge in [-0.1, -0.05) is 25.6 Å². The number of nitrogens with one attached hydrogen (secondary N) is 1. The van der Waals surface area contributed by atoms with E-state index in [0.29, 0.717) is 28.3 Å². The molecule has 1 aromatic carbocycles. The molecule has 1 fully saturated rings. The van der Waals surface area contributed by atoms with Gasteiger partial charge >= 0.3 is 0 Å². The maximum Gasteiger partial charge on any atom is 0.148 e. The fraction of sp³-hybridized carbons (Fsp3) is 0.400. The summed E-state index contributed by atoms with van der Waals surface area (Å²) in [5, 5.41) is 23.8. The number of aromatic nitrogens is 1. The molecule has 32 heavy (non-hydrogen) atoms. The third kappa shape index (κ3) is 5.62. The van der Waals surface area contributed by atoms with Gasteiger partial charge in [0, 0.05) is 36.8 Å². The van der Waals surface area contributed by atoms with Crippen molar-refractivity contribution < 1.29 is 0 Å². The van der Waals surface area contributed by atoms with Gasteiger partial charge in [-0.25, -0.2) is 4.98 Å². The number of anilines is 2. The summed E-state index contributed by atoms with van der Waals surface area (Å²) in [4.78, 5) is 9.40. The highest BCUT2D eigenvalue weighted by atomic mass is 32.2. The van der Waals surface area contributed by atoms with Crippen molar-refractivity contribution in [3.8, 4) is 12.1 Å². The van der Waals surface area contributed by atoms with E-state index in [1.807, 2.05) is 26.0 Å². The Morgan fingerprint density at radius 2 is 1.84 bits per heavy atom. The van der Waals surface area contributed by atoms with E-state index in [-0.39, 0.29) is 0 Å². The molecule has 0 saturated carbocycles. The second-order valence-corrected chi connectivity index (χ2v) is 9.05. The number of thioether (sulfide) groups is 1. The Morgan fingerprint density at radius 3 is 2.47 bits per heavy atom. The zero-order valence-corrected chi connectivity index (χ0v) is 19.9. The number of nitrogens with zero attached hydrogens (tertiary/aromatic N) is 5. The van der Waals surface area contributed by atoms with Gasteiger partial charge in [0.05, 0.1) is 11.1 Å². The minimum atomic E-state index is 0.533. The number of hydrogen-bond donors (Lipinski definition) is 1. The van der Waals surface area contributed by atoms with E-state index in [0.717, 1.165) is 60.9 Å². The Balaban J connectivity index is 1.91. The third-order valence-corrected chi connectivity index (χ3v) is 6.58. The molecule has 2 aromatic rings. The van der Waals surface area contributed by atoms with Crippen molar-refractivity contribution >= 4 is 23.3 Å². The summed E-state index contributed by atoms with van der Waals surface area (Å²) in [5.74, 6) is 1.42. The number of nitriles is 2. The van der Waals surface area contributed by atoms with E-state index in [4.69, 9.17) is 4.98 Å². The molecule has 0 bridgehead atoms. The van der Waals surface area contributed by atoms with Gasteiger partial charge in [0.2, 0.25) is 0 Å². The van der Waals surface area contributed by atoms with Gasteiger partial charge in [-0.3, -0.25) is 0 Å². The Kier molecular flexibility index (Phi) is 8.16. The minimum absolute atomic E-state index is 0.533. The molecule has 2 heterocycles. The Bertz CT molecular complexity index is 1050. The first-order valence-corrected chi connectivity index (χ1v) is 11.9. The van der Waals surface area contributed by atoms with Crippen LogP contribution in [-0.2, 0) is 12.2 Å². The number of allylic oxidation sites excluding steroid dienone is 1. The lowest BCUT2D eigenvalue weighted by atomic mass is 10.0. The van der Waals surface area contributed by atoms with Gasteiger partial charge < -0.3 is 15.1 Å². The highest BCUT2D eigenvalue weighted by molar-refractivity contribution is 7.98. The molecule has 6 nitrogen and oxygen atoms in total. The standard InChI is InChI=1S/C25H30N6S/c1-5-21-22(15-26)24(31-12-6-11-30(4)13-14-31)29-25(23(21)16-27)32-17-19-7-9-20(10-8-19)28-18(2)3/h7-10,28H,2,5-6,11-14,17H2,1,3-4H3. The molecule has 1 aromatic heterocycles. The highest BCUT2D eigenvalue weighted by Gasteiger charge is 2.24. The van der Waals surface area contributed by atoms with Crippen LogP contribution in [-0.4, -0.2) is 43.1 Å². The topological polar surface area (TPSA) is 79.0 Å². The van der Waals surface area contributed by atoms with Gasteiger partial charge in [0.25, 0.3) is 0 Å². The molecule has 0 aliphatic carbocycles. The first-order valence-electron chi connectivity index (χ1n) is 10.9. The lowest BCUT2D eigenvalue weighted by Gasteiger charge is -2.25. The number of pyridine rings is 1. The summed E-state index contributed by atoms with van der Waals surface area (Å²) >= 11 is 1.56. The summed E-state index contributed by atoms with van der Waals surface area (Å²) in [6.45, 7) is 11.5. The summed E-state index contributed by atoms with van der Waals surface area (Å²) in [5.41, 5.74) is 4.93. The van der Waals surface area contributed by atoms with Crippen LogP contribution < -0.4 is 10.2 Å². The Hall–Kier alpha value is -3.00. The van der Waals surface area contributed by atoms with E-state index in [2.05, 4.69) is 53.0 Å². The molecule has 0 atom stereocenters. The summed E-state index contributed by atoms with van der Waals surface area (Å²) in [6.07, 6.45) is 1.65. The summed E-state index contributed by atoms with van der Waals surface area (Å²) < 4.78 is 0. The fourth-order valence-corrected chi connectivity index (χ4v) is 4.82. The molecule has 1 aliphatic heterocycles. The van der Waals surface area contributed by atoms with Crippen molar-refractivity contribution in [3.05, 3.63) is 58.8 Å². The molecule has 0 amide bonds. The second kappa shape index (κ2) is 11.0. The predicted octanol–water partition coefficient (Wildman–Crippen LogP) is 4.77. The first-order chi connectivity index (χ1) is 15.5. The van der Waals surface area contributed by atoms with Crippen LogP contribution in [0.3, 0.4) is 0 Å². The number of likely N-dealkylation sites (N-methyl/N-ethyl adjacent to an activating group) is 1. The second-order valence-electron chi connectivity index (χ2n) is 8.08. The molecular formula is C25H30N6S. The van der Waals surface area contributed by atoms with Crippen LogP contribution in [0.5, 0.6) is 0 Å². The summed E-state index contributed by atoms with van der Waals surface area (Å²) in [6, 6.07) is 12.9. The predicted molar refractivity (Wildman–Crippen MR) is 132 cm³/mol. The first kappa shape index (κ1) is 23.7. The Labute approximate surface area is 195 Å². The van der Waals surface area contributed by atoms with Gasteiger partial charge in [0.15, 0.2) is 0 Å². The summed E-state index contributed by atoms with van der Waals surface area (Å²) in [7, 11) is 2.12. The molecular weight excluding hydrogens is 416 g/mol. The van der Waals surface area contributed by atoms with Crippen molar-refractivity contribution in [3.63, 3.8) is 0 Å². The minimum Gasteiger partial charge on any atom is -0.360 e. The van der Waals surface area contributed by atoms with Crippen molar-refractivity contribution in [2.24, 2.45) is 0 Å². The smallest absolute Gasteiger partial charge is 0.148 e. The van der Waals surface area contributed by atoms with Gasteiger partial charge in [-0.15, -0.1) is 11.8 Å². The van der Waals surface area contributed by atoms with Crippen molar-refractivity contribution in [2.45, 2.75) is 37.5 Å². The molecule has 1 saturated heterocycles. The SMILES string of the molecule is C=C(C)Nc1ccc(CSc2nc(N3CCCN(C)CC3)c(C#N)c(CC)c2C#N)cc1. The average Bonchev–Trinajstić information content (AvgIpc) is 3.01. The molecule has 7 heteroatoms. The van der Waals surface area contributed by atoms with Crippen LogP contribution in [0.4, 0.5) is 11.5 Å². The van der Waals surface area contributed by atoms with Crippen molar-refractivity contribution in [1.82, 2.24) is 9.88 Å². The molecule has 0 radical (unpaired) electrons. The van der Waals surface area contributed by atoms with Gasteiger partial charge in [-0.05, 0) is 56.6 Å². The number of rotatable bonds is 7. The average molecular weight is 447 g/mol. The maximum atomic E-state index is 9.94. The van der Waals surface area contributed by atoms with E-state index in [9.17, 15) is 10.5 Å². The lowest BCUT2D eigenvalue weighted by Crippen LogP contribution is -2.30. The molecule has 0 spiro atoms. The van der Waals surface area contributed by atoms with Gasteiger partial charge in [0.1, 0.15) is 23.0 Å². The quantitative estimate of drug-likeness (QED) is 0.614. The molecule has 0 unspecified atom stereocenters. The fourth-order valence-electron chi connectivity index (χ4n) is 3.86. The largest absolute Gasteiger partial charge is 0.360 e. The molecule has 166 valence electrons. The lowest BCUT2D eigenvalue weighted by molar-refractivity contribution is 0.360. The monoisotopic (exact) mass is 446 g/mol. The van der Waals surface area contributed by atoms with Crippen LogP contribution in [0.15, 0.2) is 41.6 Å². The van der Waals surface area contributed by atoms with Crippen LogP contribution in [0.25, 0.3) is 0 Å². The van der Waals surface area contributed by atoms with Crippen LogP contribution >= 0.6 is 11.8 Å². The van der Waals surface area contributed by atoms with Gasteiger partial charge in [-0.2, -0.15) is 10.5 Å². The highest BCUT2D eigenvalue weighted by Crippen LogP contribution is 2.34. The van der Waals surface area contributed by atoms with E-state index < -0.39 is 0 Å². The van der Waals surface area contributed by atoms with E-state index in [1.165, 1.54) is 0 Å². The molecule has 1 N–H and O–H groups in total. The molecule has 3 rings (SSSR count). The zero-order chi connectivity index (χ0) is 23.1. The number of benzene rings is 1. The van der Waals surface area contributed by atoms with Crippen LogP contribution in [0.2, 0.25) is 0 Å².